The van der Waals surface area contributed by atoms with Gasteiger partial charge in [0.25, 0.3) is 0 Å². The first kappa shape index (κ1) is 16.3. The van der Waals surface area contributed by atoms with Crippen LogP contribution in [0.15, 0.2) is 0 Å². The van der Waals surface area contributed by atoms with E-state index in [4.69, 9.17) is 5.73 Å². The maximum absolute atomic E-state index is 9.38. The van der Waals surface area contributed by atoms with E-state index in [1.54, 1.807) is 0 Å². The molecule has 3 heteroatoms. The number of rotatable bonds is 1. The van der Waals surface area contributed by atoms with Crippen molar-refractivity contribution in [2.24, 2.45) is 11.7 Å². The van der Waals surface area contributed by atoms with Gasteiger partial charge in [-0.15, -0.1) is 0 Å². The summed E-state index contributed by atoms with van der Waals surface area (Å²) in [5, 5.41) is 9.38. The smallest absolute Gasteiger partial charge is 0.0604 e. The van der Waals surface area contributed by atoms with Crippen molar-refractivity contribution in [2.75, 3.05) is 26.7 Å². The maximum atomic E-state index is 9.38. The van der Waals surface area contributed by atoms with Gasteiger partial charge in [-0.1, -0.05) is 27.7 Å². The van der Waals surface area contributed by atoms with E-state index in [1.807, 2.05) is 27.7 Å². The van der Waals surface area contributed by atoms with Crippen molar-refractivity contribution in [1.29, 1.82) is 0 Å². The monoisotopic (exact) mass is 204 g/mol. The second kappa shape index (κ2) is 11.0. The number of hydrogen-bond acceptors (Lipinski definition) is 3. The normalized spacial score (nSPS) is 26.8. The molecule has 0 bridgehead atoms. The summed E-state index contributed by atoms with van der Waals surface area (Å²) in [5.41, 5.74) is 5.47. The van der Waals surface area contributed by atoms with Crippen LogP contribution in [0.2, 0.25) is 0 Å². The summed E-state index contributed by atoms with van der Waals surface area (Å²) in [6.45, 7) is 10.5. The number of aliphatic hydroxyl groups is 1. The van der Waals surface area contributed by atoms with E-state index in [0.717, 1.165) is 19.5 Å². The summed E-state index contributed by atoms with van der Waals surface area (Å²) in [5.74, 6) is 0.291. The lowest BCUT2D eigenvalue weighted by Gasteiger charge is -2.32. The molecule has 0 amide bonds. The van der Waals surface area contributed by atoms with Crippen molar-refractivity contribution < 1.29 is 5.11 Å². The molecule has 1 aliphatic heterocycles. The van der Waals surface area contributed by atoms with Gasteiger partial charge in [0.1, 0.15) is 0 Å². The van der Waals surface area contributed by atoms with Crippen molar-refractivity contribution >= 4 is 0 Å². The Labute approximate surface area is 89.3 Å². The van der Waals surface area contributed by atoms with Crippen LogP contribution in [0.25, 0.3) is 0 Å². The highest BCUT2D eigenvalue weighted by Gasteiger charge is 2.23. The Morgan fingerprint density at radius 1 is 1.29 bits per heavy atom. The summed E-state index contributed by atoms with van der Waals surface area (Å²) in [6.07, 6.45) is 0.708. The van der Waals surface area contributed by atoms with Gasteiger partial charge in [-0.25, -0.2) is 0 Å². The van der Waals surface area contributed by atoms with Gasteiger partial charge in [-0.2, -0.15) is 0 Å². The number of hydrogen-bond donors (Lipinski definition) is 2. The molecule has 0 aromatic rings. The fourth-order valence-electron chi connectivity index (χ4n) is 1.43. The Balaban J connectivity index is 0. The molecular weight excluding hydrogens is 176 g/mol. The molecule has 88 valence electrons. The van der Waals surface area contributed by atoms with Crippen molar-refractivity contribution in [1.82, 2.24) is 4.90 Å². The summed E-state index contributed by atoms with van der Waals surface area (Å²) in [4.78, 5) is 2.21. The van der Waals surface area contributed by atoms with Gasteiger partial charge < -0.3 is 15.7 Å². The quantitative estimate of drug-likeness (QED) is 0.677. The average Bonchev–Trinajstić information content (AvgIpc) is 2.27. The minimum absolute atomic E-state index is 0.166. The predicted molar refractivity (Wildman–Crippen MR) is 63.4 cm³/mol. The third-order valence-corrected chi connectivity index (χ3v) is 2.20. The van der Waals surface area contributed by atoms with E-state index in [0.29, 0.717) is 12.5 Å². The zero-order valence-electron chi connectivity index (χ0n) is 10.5. The Bertz CT molecular complexity index is 109. The molecule has 1 saturated heterocycles. The van der Waals surface area contributed by atoms with Gasteiger partial charge in [-0.3, -0.25) is 0 Å². The molecule has 0 aliphatic carbocycles. The molecule has 14 heavy (non-hydrogen) atoms. The molecule has 1 heterocycles. The van der Waals surface area contributed by atoms with Gasteiger partial charge >= 0.3 is 0 Å². The molecule has 1 rings (SSSR count). The van der Waals surface area contributed by atoms with Crippen LogP contribution in [-0.4, -0.2) is 42.8 Å². The molecule has 2 atom stereocenters. The lowest BCUT2D eigenvalue weighted by molar-refractivity contribution is 0.0406. The SMILES string of the molecule is CC.CC.CN1CCC(O)C(CN)C1. The van der Waals surface area contributed by atoms with Crippen LogP contribution >= 0.6 is 0 Å². The van der Waals surface area contributed by atoms with Crippen LogP contribution in [0.5, 0.6) is 0 Å². The second-order valence-corrected chi connectivity index (χ2v) is 3.11. The minimum atomic E-state index is -0.166. The molecule has 3 N–H and O–H groups in total. The summed E-state index contributed by atoms with van der Waals surface area (Å²) < 4.78 is 0. The molecule has 0 spiro atoms. The van der Waals surface area contributed by atoms with E-state index in [-0.39, 0.29) is 6.10 Å². The van der Waals surface area contributed by atoms with Crippen molar-refractivity contribution in [3.8, 4) is 0 Å². The molecular formula is C11H28N2O. The van der Waals surface area contributed by atoms with Crippen LogP contribution in [-0.2, 0) is 0 Å². The molecule has 0 aromatic carbocycles. The van der Waals surface area contributed by atoms with Gasteiger partial charge in [-0.05, 0) is 20.0 Å². The van der Waals surface area contributed by atoms with Crippen LogP contribution < -0.4 is 5.73 Å². The van der Waals surface area contributed by atoms with Crippen molar-refractivity contribution in [3.05, 3.63) is 0 Å². The number of piperidine rings is 1. The Hall–Kier alpha value is -0.120. The Kier molecular flexibility index (Phi) is 12.8. The topological polar surface area (TPSA) is 49.5 Å². The molecule has 1 aliphatic rings. The summed E-state index contributed by atoms with van der Waals surface area (Å²) >= 11 is 0. The van der Waals surface area contributed by atoms with Gasteiger partial charge in [0.2, 0.25) is 0 Å². The first-order valence-corrected chi connectivity index (χ1v) is 5.80. The molecule has 2 unspecified atom stereocenters. The fourth-order valence-corrected chi connectivity index (χ4v) is 1.43. The standard InChI is InChI=1S/C7H16N2O.2C2H6/c1-9-3-2-7(10)6(4-8)5-9;2*1-2/h6-7,10H,2-5,8H2,1H3;2*1-2H3. The van der Waals surface area contributed by atoms with E-state index < -0.39 is 0 Å². The third kappa shape index (κ3) is 6.35. The highest BCUT2D eigenvalue weighted by Crippen LogP contribution is 2.13. The fraction of sp³-hybridized carbons (Fsp3) is 1.00. The minimum Gasteiger partial charge on any atom is -0.393 e. The first-order chi connectivity index (χ1) is 6.74. The van der Waals surface area contributed by atoms with Crippen LogP contribution in [0.3, 0.4) is 0 Å². The predicted octanol–water partition coefficient (Wildman–Crippen LogP) is 1.31. The number of nitrogens with zero attached hydrogens (tertiary/aromatic N) is 1. The molecule has 1 fully saturated rings. The van der Waals surface area contributed by atoms with Crippen LogP contribution in [0, 0.1) is 5.92 Å². The van der Waals surface area contributed by atoms with E-state index in [2.05, 4.69) is 11.9 Å². The van der Waals surface area contributed by atoms with E-state index in [9.17, 15) is 5.11 Å². The van der Waals surface area contributed by atoms with E-state index in [1.165, 1.54) is 0 Å². The van der Waals surface area contributed by atoms with Crippen molar-refractivity contribution in [2.45, 2.75) is 40.2 Å². The van der Waals surface area contributed by atoms with Gasteiger partial charge in [0.05, 0.1) is 6.10 Å². The maximum Gasteiger partial charge on any atom is 0.0604 e. The highest BCUT2D eigenvalue weighted by atomic mass is 16.3. The Morgan fingerprint density at radius 2 is 1.79 bits per heavy atom. The highest BCUT2D eigenvalue weighted by molar-refractivity contribution is 4.78. The lowest BCUT2D eigenvalue weighted by atomic mass is 9.95. The van der Waals surface area contributed by atoms with Gasteiger partial charge in [0, 0.05) is 19.0 Å². The van der Waals surface area contributed by atoms with E-state index >= 15 is 0 Å². The second-order valence-electron chi connectivity index (χ2n) is 3.11. The van der Waals surface area contributed by atoms with Crippen molar-refractivity contribution in [3.63, 3.8) is 0 Å². The lowest BCUT2D eigenvalue weighted by Crippen LogP contribution is -2.44. The van der Waals surface area contributed by atoms with Gasteiger partial charge in [0.15, 0.2) is 0 Å². The molecule has 3 nitrogen and oxygen atoms in total. The zero-order chi connectivity index (χ0) is 11.6. The van der Waals surface area contributed by atoms with Crippen LogP contribution in [0.4, 0.5) is 0 Å². The summed E-state index contributed by atoms with van der Waals surface area (Å²) in [6, 6.07) is 0. The largest absolute Gasteiger partial charge is 0.393 e. The number of nitrogens with two attached hydrogens (primary N) is 1. The number of likely N-dealkylation sites (tertiary alicyclic amines) is 1. The van der Waals surface area contributed by atoms with Crippen LogP contribution in [0.1, 0.15) is 34.1 Å². The molecule has 0 aromatic heterocycles. The molecule has 0 saturated carbocycles. The first-order valence-electron chi connectivity index (χ1n) is 5.80. The average molecular weight is 204 g/mol. The third-order valence-electron chi connectivity index (χ3n) is 2.20. The Morgan fingerprint density at radius 3 is 2.14 bits per heavy atom. The zero-order valence-corrected chi connectivity index (χ0v) is 10.5. The molecule has 0 radical (unpaired) electrons. The summed E-state index contributed by atoms with van der Waals surface area (Å²) in [7, 11) is 2.06. The number of aliphatic hydroxyl groups excluding tert-OH is 1.